The normalized spacial score (nSPS) is 11.4. The molecule has 0 spiro atoms. The monoisotopic (exact) mass is 255 g/mol. The third-order valence-corrected chi connectivity index (χ3v) is 2.61. The third-order valence-electron chi connectivity index (χ3n) is 2.31. The Morgan fingerprint density at radius 3 is 2.88 bits per heavy atom. The molecular weight excluding hydrogens is 242 g/mol. The van der Waals surface area contributed by atoms with Crippen LogP contribution in [0.4, 0.5) is 0 Å². The number of hydrogen-bond donors (Lipinski definition) is 1. The number of aliphatic hydroxyl groups excluding tert-OH is 1. The summed E-state index contributed by atoms with van der Waals surface area (Å²) in [6.45, 7) is 3.89. The van der Waals surface area contributed by atoms with Crippen molar-refractivity contribution in [2.24, 2.45) is 0 Å². The number of aromatic nitrogens is 1. The van der Waals surface area contributed by atoms with Gasteiger partial charge in [-0.15, -0.1) is 0 Å². The van der Waals surface area contributed by atoms with Crippen LogP contribution < -0.4 is 4.74 Å². The second-order valence-electron chi connectivity index (χ2n) is 4.05. The predicted molar refractivity (Wildman–Crippen MR) is 65.6 cm³/mol. The van der Waals surface area contributed by atoms with Crippen LogP contribution in [0.5, 0.6) is 5.75 Å². The summed E-state index contributed by atoms with van der Waals surface area (Å²) < 4.78 is 10.7. The van der Waals surface area contributed by atoms with E-state index in [1.54, 1.807) is 12.1 Å². The van der Waals surface area contributed by atoms with Crippen LogP contribution in [0, 0.1) is 0 Å². The summed E-state index contributed by atoms with van der Waals surface area (Å²) >= 11 is 6.12. The average Bonchev–Trinajstić information content (AvgIpc) is 2.62. The first-order chi connectivity index (χ1) is 8.11. The molecule has 0 fully saturated rings. The molecule has 5 heteroatoms. The van der Waals surface area contributed by atoms with Gasteiger partial charge < -0.3 is 14.4 Å². The minimum atomic E-state index is 0.0312. The van der Waals surface area contributed by atoms with E-state index in [1.165, 1.54) is 0 Å². The summed E-state index contributed by atoms with van der Waals surface area (Å²) in [6, 6.07) is 3.49. The van der Waals surface area contributed by atoms with Gasteiger partial charge in [-0.2, -0.15) is 0 Å². The molecule has 92 valence electrons. The average molecular weight is 256 g/mol. The van der Waals surface area contributed by atoms with E-state index in [-0.39, 0.29) is 12.7 Å². The smallest absolute Gasteiger partial charge is 0.170 e. The van der Waals surface area contributed by atoms with Gasteiger partial charge in [0, 0.05) is 24.5 Å². The predicted octanol–water partition coefficient (Wildman–Crippen LogP) is 2.80. The highest BCUT2D eigenvalue weighted by Crippen LogP contribution is 2.32. The fourth-order valence-electron chi connectivity index (χ4n) is 1.62. The fraction of sp³-hybridized carbons (Fsp3) is 0.417. The first kappa shape index (κ1) is 12.2. The van der Waals surface area contributed by atoms with Gasteiger partial charge in [0.25, 0.3) is 0 Å². The van der Waals surface area contributed by atoms with E-state index in [2.05, 4.69) is 5.16 Å². The number of benzene rings is 1. The number of nitrogens with zero attached hydrogens (tertiary/aromatic N) is 1. The van der Waals surface area contributed by atoms with Gasteiger partial charge in [-0.3, -0.25) is 0 Å². The van der Waals surface area contributed by atoms with Crippen molar-refractivity contribution in [3.05, 3.63) is 22.8 Å². The van der Waals surface area contributed by atoms with Crippen LogP contribution in [0.2, 0.25) is 5.02 Å². The zero-order valence-electron chi connectivity index (χ0n) is 9.74. The molecule has 0 aliphatic rings. The molecule has 0 atom stereocenters. The molecule has 0 saturated carbocycles. The van der Waals surface area contributed by atoms with E-state index < -0.39 is 0 Å². The first-order valence-electron chi connectivity index (χ1n) is 5.47. The van der Waals surface area contributed by atoms with Gasteiger partial charge in [0.1, 0.15) is 5.75 Å². The minimum Gasteiger partial charge on any atom is -0.489 e. The quantitative estimate of drug-likeness (QED) is 0.913. The van der Waals surface area contributed by atoms with Gasteiger partial charge in [-0.1, -0.05) is 16.8 Å². The standard InChI is InChI=1S/C12H14ClNO3/c1-7(2)16-12-6-11-8(5-9(12)13)10(3-4-15)14-17-11/h5-7,15H,3-4H2,1-2H3. The molecule has 0 bridgehead atoms. The van der Waals surface area contributed by atoms with E-state index in [0.29, 0.717) is 28.5 Å². The summed E-state index contributed by atoms with van der Waals surface area (Å²) in [6.07, 6.45) is 0.498. The number of rotatable bonds is 4. The largest absolute Gasteiger partial charge is 0.489 e. The zero-order valence-corrected chi connectivity index (χ0v) is 10.5. The van der Waals surface area contributed by atoms with E-state index in [0.717, 1.165) is 5.39 Å². The lowest BCUT2D eigenvalue weighted by atomic mass is 10.1. The van der Waals surface area contributed by atoms with Gasteiger partial charge in [-0.25, -0.2) is 0 Å². The maximum atomic E-state index is 8.90. The summed E-state index contributed by atoms with van der Waals surface area (Å²) in [7, 11) is 0. The molecule has 4 nitrogen and oxygen atoms in total. The van der Waals surface area contributed by atoms with Gasteiger partial charge in [0.15, 0.2) is 5.58 Å². The van der Waals surface area contributed by atoms with Crippen molar-refractivity contribution in [2.75, 3.05) is 6.61 Å². The lowest BCUT2D eigenvalue weighted by Gasteiger charge is -2.10. The van der Waals surface area contributed by atoms with Crippen molar-refractivity contribution in [3.8, 4) is 5.75 Å². The van der Waals surface area contributed by atoms with Crippen LogP contribution in [0.15, 0.2) is 16.7 Å². The molecule has 2 aromatic rings. The molecule has 0 saturated heterocycles. The second-order valence-corrected chi connectivity index (χ2v) is 4.46. The van der Waals surface area contributed by atoms with Crippen LogP contribution >= 0.6 is 11.6 Å². The molecule has 0 unspecified atom stereocenters. The van der Waals surface area contributed by atoms with Crippen molar-refractivity contribution < 1.29 is 14.4 Å². The van der Waals surface area contributed by atoms with Crippen molar-refractivity contribution in [1.82, 2.24) is 5.16 Å². The number of halogens is 1. The molecule has 17 heavy (non-hydrogen) atoms. The van der Waals surface area contributed by atoms with Crippen LogP contribution in [-0.4, -0.2) is 23.0 Å². The van der Waals surface area contributed by atoms with Crippen molar-refractivity contribution in [1.29, 1.82) is 0 Å². The molecule has 0 aliphatic heterocycles. The van der Waals surface area contributed by atoms with Crippen molar-refractivity contribution in [3.63, 3.8) is 0 Å². The van der Waals surface area contributed by atoms with Gasteiger partial charge in [-0.05, 0) is 19.9 Å². The molecule has 2 rings (SSSR count). The van der Waals surface area contributed by atoms with Gasteiger partial charge in [0.05, 0.1) is 16.8 Å². The fourth-order valence-corrected chi connectivity index (χ4v) is 1.83. The van der Waals surface area contributed by atoms with Crippen LogP contribution in [0.3, 0.4) is 0 Å². The Bertz CT molecular complexity index is 522. The molecule has 1 aromatic heterocycles. The summed E-state index contributed by atoms with van der Waals surface area (Å²) in [4.78, 5) is 0. The highest BCUT2D eigenvalue weighted by molar-refractivity contribution is 6.32. The van der Waals surface area contributed by atoms with E-state index >= 15 is 0 Å². The Morgan fingerprint density at radius 1 is 1.47 bits per heavy atom. The highest BCUT2D eigenvalue weighted by atomic mass is 35.5. The van der Waals surface area contributed by atoms with Crippen LogP contribution in [-0.2, 0) is 6.42 Å². The lowest BCUT2D eigenvalue weighted by molar-refractivity contribution is 0.242. The first-order valence-corrected chi connectivity index (χ1v) is 5.85. The van der Waals surface area contributed by atoms with Gasteiger partial charge >= 0.3 is 0 Å². The van der Waals surface area contributed by atoms with E-state index in [9.17, 15) is 0 Å². The molecular formula is C12H14ClNO3. The number of aliphatic hydroxyl groups is 1. The molecule has 0 amide bonds. The second kappa shape index (κ2) is 4.94. The maximum absolute atomic E-state index is 8.90. The van der Waals surface area contributed by atoms with Crippen LogP contribution in [0.25, 0.3) is 11.0 Å². The Balaban J connectivity index is 2.44. The SMILES string of the molecule is CC(C)Oc1cc2onc(CCO)c2cc1Cl. The number of ether oxygens (including phenoxy) is 1. The summed E-state index contributed by atoms with van der Waals surface area (Å²) in [5.74, 6) is 0.584. The molecule has 1 N–H and O–H groups in total. The molecule has 0 radical (unpaired) electrons. The van der Waals surface area contributed by atoms with E-state index in [1.807, 2.05) is 13.8 Å². The van der Waals surface area contributed by atoms with Gasteiger partial charge in [0.2, 0.25) is 0 Å². The Morgan fingerprint density at radius 2 is 2.24 bits per heavy atom. The molecule has 1 aromatic carbocycles. The van der Waals surface area contributed by atoms with Crippen molar-refractivity contribution in [2.45, 2.75) is 26.4 Å². The summed E-state index contributed by atoms with van der Waals surface area (Å²) in [5, 5.41) is 14.1. The topological polar surface area (TPSA) is 55.5 Å². The number of hydrogen-bond acceptors (Lipinski definition) is 4. The van der Waals surface area contributed by atoms with E-state index in [4.69, 9.17) is 26.0 Å². The Hall–Kier alpha value is -1.26. The molecule has 1 heterocycles. The molecule has 0 aliphatic carbocycles. The minimum absolute atomic E-state index is 0.0312. The van der Waals surface area contributed by atoms with Crippen LogP contribution in [0.1, 0.15) is 19.5 Å². The van der Waals surface area contributed by atoms with Crippen molar-refractivity contribution >= 4 is 22.6 Å². The third kappa shape index (κ3) is 2.53. The lowest BCUT2D eigenvalue weighted by Crippen LogP contribution is -2.05. The maximum Gasteiger partial charge on any atom is 0.170 e. The highest BCUT2D eigenvalue weighted by Gasteiger charge is 2.13. The number of fused-ring (bicyclic) bond motifs is 1. The summed E-state index contributed by atoms with van der Waals surface area (Å²) in [5.41, 5.74) is 1.33. The zero-order chi connectivity index (χ0) is 12.4. The Labute approximate surface area is 104 Å². The Kier molecular flexibility index (Phi) is 3.54.